The third-order valence-corrected chi connectivity index (χ3v) is 5.15. The predicted molar refractivity (Wildman–Crippen MR) is 81.0 cm³/mol. The molecule has 1 saturated heterocycles. The molecule has 0 saturated carbocycles. The highest BCUT2D eigenvalue weighted by atomic mass is 32.2. The maximum absolute atomic E-state index is 12.4. The predicted octanol–water partition coefficient (Wildman–Crippen LogP) is 0.903. The van der Waals surface area contributed by atoms with Gasteiger partial charge < -0.3 is 10.6 Å². The SMILES string of the molecule is CC(CN1CCCC1)NS(=O)(=O)c1ccc(N)cc1C#N. The Labute approximate surface area is 125 Å². The summed E-state index contributed by atoms with van der Waals surface area (Å²) in [5.41, 5.74) is 6.02. The maximum Gasteiger partial charge on any atom is 0.242 e. The van der Waals surface area contributed by atoms with Gasteiger partial charge in [-0.25, -0.2) is 13.1 Å². The van der Waals surface area contributed by atoms with Gasteiger partial charge in [0.15, 0.2) is 0 Å². The van der Waals surface area contributed by atoms with E-state index in [1.807, 2.05) is 13.0 Å². The van der Waals surface area contributed by atoms with E-state index >= 15 is 0 Å². The summed E-state index contributed by atoms with van der Waals surface area (Å²) in [6.07, 6.45) is 2.33. The van der Waals surface area contributed by atoms with Gasteiger partial charge >= 0.3 is 0 Å². The number of hydrogen-bond acceptors (Lipinski definition) is 5. The van der Waals surface area contributed by atoms with E-state index in [1.54, 1.807) is 0 Å². The number of nitrogens with one attached hydrogen (secondary N) is 1. The topological polar surface area (TPSA) is 99.2 Å². The normalized spacial score (nSPS) is 17.5. The molecule has 2 rings (SSSR count). The van der Waals surface area contributed by atoms with Crippen LogP contribution in [-0.4, -0.2) is 39.0 Å². The number of rotatable bonds is 5. The Morgan fingerprint density at radius 2 is 2.10 bits per heavy atom. The molecule has 1 unspecified atom stereocenters. The monoisotopic (exact) mass is 308 g/mol. The van der Waals surface area contributed by atoms with E-state index in [-0.39, 0.29) is 16.5 Å². The molecule has 1 heterocycles. The number of likely N-dealkylation sites (tertiary alicyclic amines) is 1. The van der Waals surface area contributed by atoms with Crippen LogP contribution >= 0.6 is 0 Å². The molecule has 0 bridgehead atoms. The van der Waals surface area contributed by atoms with E-state index in [0.717, 1.165) is 25.9 Å². The lowest BCUT2D eigenvalue weighted by molar-refractivity contribution is 0.313. The first-order chi connectivity index (χ1) is 9.92. The third kappa shape index (κ3) is 3.94. The molecule has 1 aromatic carbocycles. The van der Waals surface area contributed by atoms with E-state index in [9.17, 15) is 8.42 Å². The molecule has 0 amide bonds. The lowest BCUT2D eigenvalue weighted by Gasteiger charge is -2.21. The van der Waals surface area contributed by atoms with Crippen molar-refractivity contribution in [3.05, 3.63) is 23.8 Å². The molecule has 0 radical (unpaired) electrons. The van der Waals surface area contributed by atoms with Crippen molar-refractivity contribution >= 4 is 15.7 Å². The van der Waals surface area contributed by atoms with Crippen LogP contribution in [0, 0.1) is 11.3 Å². The first-order valence-electron chi connectivity index (χ1n) is 6.96. The Morgan fingerprint density at radius 3 is 2.71 bits per heavy atom. The van der Waals surface area contributed by atoms with E-state index in [2.05, 4.69) is 9.62 Å². The van der Waals surface area contributed by atoms with Gasteiger partial charge in [0.2, 0.25) is 10.0 Å². The molecule has 0 aliphatic carbocycles. The minimum absolute atomic E-state index is 0.0209. The highest BCUT2D eigenvalue weighted by Gasteiger charge is 2.23. The summed E-state index contributed by atoms with van der Waals surface area (Å²) in [4.78, 5) is 2.22. The maximum atomic E-state index is 12.4. The van der Waals surface area contributed by atoms with Crippen LogP contribution in [-0.2, 0) is 10.0 Å². The first kappa shape index (κ1) is 15.8. The number of hydrogen-bond donors (Lipinski definition) is 2. The van der Waals surface area contributed by atoms with Gasteiger partial charge in [0.25, 0.3) is 0 Å². The van der Waals surface area contributed by atoms with E-state index in [4.69, 9.17) is 11.0 Å². The van der Waals surface area contributed by atoms with Crippen LogP contribution < -0.4 is 10.5 Å². The molecule has 0 spiro atoms. The van der Waals surface area contributed by atoms with Crippen LogP contribution in [0.2, 0.25) is 0 Å². The number of nitrogens with two attached hydrogens (primary N) is 1. The van der Waals surface area contributed by atoms with Gasteiger partial charge in [0.1, 0.15) is 6.07 Å². The molecule has 1 aliphatic rings. The molecular weight excluding hydrogens is 288 g/mol. The second-order valence-electron chi connectivity index (χ2n) is 5.40. The number of benzene rings is 1. The summed E-state index contributed by atoms with van der Waals surface area (Å²) >= 11 is 0. The van der Waals surface area contributed by atoms with Crippen molar-refractivity contribution in [2.75, 3.05) is 25.4 Å². The summed E-state index contributed by atoms with van der Waals surface area (Å²) in [6, 6.07) is 5.90. The molecule has 21 heavy (non-hydrogen) atoms. The molecule has 7 heteroatoms. The van der Waals surface area contributed by atoms with Crippen LogP contribution in [0.5, 0.6) is 0 Å². The highest BCUT2D eigenvalue weighted by Crippen LogP contribution is 2.18. The van der Waals surface area contributed by atoms with Gasteiger partial charge in [-0.15, -0.1) is 0 Å². The Morgan fingerprint density at radius 1 is 1.43 bits per heavy atom. The fraction of sp³-hybridized carbons (Fsp3) is 0.500. The molecule has 1 aliphatic heterocycles. The summed E-state index contributed by atoms with van der Waals surface area (Å²) in [7, 11) is -3.72. The minimum atomic E-state index is -3.72. The van der Waals surface area contributed by atoms with Crippen LogP contribution in [0.4, 0.5) is 5.69 Å². The minimum Gasteiger partial charge on any atom is -0.399 e. The van der Waals surface area contributed by atoms with Crippen molar-refractivity contribution in [1.29, 1.82) is 5.26 Å². The summed E-state index contributed by atoms with van der Waals surface area (Å²) in [5.74, 6) is 0. The number of sulfonamides is 1. The Hall–Kier alpha value is -1.62. The van der Waals surface area contributed by atoms with Crippen molar-refractivity contribution < 1.29 is 8.42 Å². The molecule has 3 N–H and O–H groups in total. The van der Waals surface area contributed by atoms with E-state index in [0.29, 0.717) is 12.2 Å². The second kappa shape index (κ2) is 6.43. The lowest BCUT2D eigenvalue weighted by Crippen LogP contribution is -2.41. The van der Waals surface area contributed by atoms with Gasteiger partial charge in [-0.05, 0) is 51.1 Å². The van der Waals surface area contributed by atoms with Crippen LogP contribution in [0.15, 0.2) is 23.1 Å². The standard InChI is InChI=1S/C14H20N4O2S/c1-11(10-18-6-2-3-7-18)17-21(19,20)14-5-4-13(16)8-12(14)9-15/h4-5,8,11,17H,2-3,6-7,10,16H2,1H3. The Kier molecular flexibility index (Phi) is 4.83. The molecular formula is C14H20N4O2S. The van der Waals surface area contributed by atoms with E-state index < -0.39 is 10.0 Å². The molecule has 0 aromatic heterocycles. The fourth-order valence-corrected chi connectivity index (χ4v) is 3.96. The zero-order valence-electron chi connectivity index (χ0n) is 12.0. The van der Waals surface area contributed by atoms with Crippen LogP contribution in [0.3, 0.4) is 0 Å². The average Bonchev–Trinajstić information content (AvgIpc) is 2.90. The Bertz CT molecular complexity index is 645. The van der Waals surface area contributed by atoms with Crippen molar-refractivity contribution in [3.8, 4) is 6.07 Å². The fourth-order valence-electron chi connectivity index (χ4n) is 2.59. The summed E-state index contributed by atoms with van der Waals surface area (Å²) in [6.45, 7) is 4.53. The zero-order valence-corrected chi connectivity index (χ0v) is 12.9. The largest absolute Gasteiger partial charge is 0.399 e. The van der Waals surface area contributed by atoms with Crippen molar-refractivity contribution in [3.63, 3.8) is 0 Å². The molecule has 1 fully saturated rings. The van der Waals surface area contributed by atoms with Gasteiger partial charge in [0, 0.05) is 18.3 Å². The molecule has 1 aromatic rings. The van der Waals surface area contributed by atoms with Gasteiger partial charge in [-0.3, -0.25) is 0 Å². The third-order valence-electron chi connectivity index (χ3n) is 3.50. The van der Waals surface area contributed by atoms with Gasteiger partial charge in [0.05, 0.1) is 10.5 Å². The summed E-state index contributed by atoms with van der Waals surface area (Å²) in [5, 5.41) is 9.06. The molecule has 1 atom stereocenters. The quantitative estimate of drug-likeness (QED) is 0.787. The number of nitriles is 1. The average molecular weight is 308 g/mol. The highest BCUT2D eigenvalue weighted by molar-refractivity contribution is 7.89. The van der Waals surface area contributed by atoms with Crippen LogP contribution in [0.1, 0.15) is 25.3 Å². The van der Waals surface area contributed by atoms with Crippen molar-refractivity contribution in [2.24, 2.45) is 0 Å². The van der Waals surface area contributed by atoms with Gasteiger partial charge in [-0.1, -0.05) is 0 Å². The summed E-state index contributed by atoms with van der Waals surface area (Å²) < 4.78 is 27.4. The zero-order chi connectivity index (χ0) is 15.5. The first-order valence-corrected chi connectivity index (χ1v) is 8.45. The van der Waals surface area contributed by atoms with Crippen molar-refractivity contribution in [2.45, 2.75) is 30.7 Å². The second-order valence-corrected chi connectivity index (χ2v) is 7.08. The lowest BCUT2D eigenvalue weighted by atomic mass is 10.2. The van der Waals surface area contributed by atoms with Crippen LogP contribution in [0.25, 0.3) is 0 Å². The Balaban J connectivity index is 2.12. The number of nitrogens with zero attached hydrogens (tertiary/aromatic N) is 2. The van der Waals surface area contributed by atoms with E-state index in [1.165, 1.54) is 18.2 Å². The smallest absolute Gasteiger partial charge is 0.242 e. The van der Waals surface area contributed by atoms with Gasteiger partial charge in [-0.2, -0.15) is 5.26 Å². The number of anilines is 1. The van der Waals surface area contributed by atoms with Crippen molar-refractivity contribution in [1.82, 2.24) is 9.62 Å². The number of nitrogen functional groups attached to an aromatic ring is 1. The molecule has 6 nitrogen and oxygen atoms in total. The molecule has 114 valence electrons.